The minimum absolute atomic E-state index is 0.125. The molecule has 5 nitrogen and oxygen atoms in total. The molecule has 2 heterocycles. The molecule has 174 valence electrons. The Hall–Kier alpha value is -3.60. The molecule has 2 bridgehead atoms. The van der Waals surface area contributed by atoms with Crippen LogP contribution in [0.3, 0.4) is 0 Å². The third-order valence-corrected chi connectivity index (χ3v) is 7.08. The first-order chi connectivity index (χ1) is 16.5. The molecule has 2 amide bonds. The van der Waals surface area contributed by atoms with E-state index in [-0.39, 0.29) is 17.7 Å². The van der Waals surface area contributed by atoms with Gasteiger partial charge in [-0.3, -0.25) is 9.59 Å². The lowest BCUT2D eigenvalue weighted by Crippen LogP contribution is -2.64. The van der Waals surface area contributed by atoms with Crippen LogP contribution in [0.4, 0.5) is 0 Å². The molecule has 2 aliphatic heterocycles. The molecule has 0 radical (unpaired) electrons. The predicted molar refractivity (Wildman–Crippen MR) is 131 cm³/mol. The van der Waals surface area contributed by atoms with Gasteiger partial charge in [0, 0.05) is 32.0 Å². The number of likely N-dealkylation sites (tertiary alicyclic amines) is 1. The maximum absolute atomic E-state index is 14.2. The van der Waals surface area contributed by atoms with Gasteiger partial charge in [0.1, 0.15) is 11.7 Å². The Bertz CT molecular complexity index is 1140. The van der Waals surface area contributed by atoms with Crippen molar-refractivity contribution in [1.29, 1.82) is 0 Å². The summed E-state index contributed by atoms with van der Waals surface area (Å²) < 4.78 is 6.32. The van der Waals surface area contributed by atoms with Gasteiger partial charge in [0.05, 0.1) is 0 Å². The minimum Gasteiger partial charge on any atom is -0.468 e. The zero-order valence-electron chi connectivity index (χ0n) is 19.7. The number of amides is 2. The summed E-state index contributed by atoms with van der Waals surface area (Å²) in [4.78, 5) is 31.6. The zero-order chi connectivity index (χ0) is 23.7. The normalized spacial score (nSPS) is 23.1. The molecule has 0 saturated carbocycles. The highest BCUT2D eigenvalue weighted by Crippen LogP contribution is 2.50. The number of fused-ring (bicyclic) bond motifs is 4. The number of piperidine rings is 1. The SMILES string of the molecule is CCN1C(=O)[C@H](C(=O)N(Cc2ccccc2)Cc2ccccc2)[C@@H]2C[C@]1(C)Oc1ccccc12. The highest BCUT2D eigenvalue weighted by Gasteiger charge is 2.56. The fourth-order valence-corrected chi connectivity index (χ4v) is 5.50. The smallest absolute Gasteiger partial charge is 0.238 e. The number of rotatable bonds is 6. The van der Waals surface area contributed by atoms with Crippen LogP contribution in [0, 0.1) is 5.92 Å². The lowest BCUT2D eigenvalue weighted by atomic mass is 9.73. The van der Waals surface area contributed by atoms with Crippen LogP contribution in [0.1, 0.15) is 42.9 Å². The van der Waals surface area contributed by atoms with E-state index in [1.807, 2.05) is 104 Å². The van der Waals surface area contributed by atoms with Gasteiger partial charge in [0.2, 0.25) is 11.8 Å². The largest absolute Gasteiger partial charge is 0.468 e. The molecule has 3 aromatic rings. The van der Waals surface area contributed by atoms with Crippen LogP contribution < -0.4 is 4.74 Å². The van der Waals surface area contributed by atoms with E-state index < -0.39 is 11.6 Å². The second kappa shape index (κ2) is 8.98. The fraction of sp³-hybridized carbons (Fsp3) is 0.310. The molecular formula is C29H30N2O3. The first-order valence-corrected chi connectivity index (χ1v) is 12.0. The van der Waals surface area contributed by atoms with Crippen molar-refractivity contribution in [3.8, 4) is 5.75 Å². The Morgan fingerprint density at radius 3 is 2.09 bits per heavy atom. The number of hydrogen-bond acceptors (Lipinski definition) is 3. The van der Waals surface area contributed by atoms with E-state index in [0.717, 1.165) is 22.4 Å². The highest BCUT2D eigenvalue weighted by molar-refractivity contribution is 6.02. The van der Waals surface area contributed by atoms with E-state index in [0.29, 0.717) is 26.1 Å². The number of carbonyl (C=O) groups is 2. The van der Waals surface area contributed by atoms with Crippen LogP contribution in [0.15, 0.2) is 84.9 Å². The molecule has 34 heavy (non-hydrogen) atoms. The summed E-state index contributed by atoms with van der Waals surface area (Å²) in [5.41, 5.74) is 2.28. The summed E-state index contributed by atoms with van der Waals surface area (Å²) in [6.45, 7) is 5.30. The van der Waals surface area contributed by atoms with Crippen molar-refractivity contribution in [1.82, 2.24) is 9.80 Å². The van der Waals surface area contributed by atoms with Gasteiger partial charge in [0.15, 0.2) is 5.72 Å². The topological polar surface area (TPSA) is 49.9 Å². The molecule has 3 atom stereocenters. The predicted octanol–water partition coefficient (Wildman–Crippen LogP) is 4.98. The van der Waals surface area contributed by atoms with Crippen molar-refractivity contribution < 1.29 is 14.3 Å². The molecule has 2 aliphatic rings. The third-order valence-electron chi connectivity index (χ3n) is 7.08. The van der Waals surface area contributed by atoms with Gasteiger partial charge in [-0.25, -0.2) is 0 Å². The van der Waals surface area contributed by atoms with Gasteiger partial charge in [0.25, 0.3) is 0 Å². The van der Waals surface area contributed by atoms with Crippen molar-refractivity contribution in [3.05, 3.63) is 102 Å². The number of carbonyl (C=O) groups excluding carboxylic acids is 2. The number of ether oxygens (including phenoxy) is 1. The molecule has 0 unspecified atom stereocenters. The summed E-state index contributed by atoms with van der Waals surface area (Å²) in [6.07, 6.45) is 0.602. The van der Waals surface area contributed by atoms with E-state index in [1.165, 1.54) is 0 Å². The Labute approximate surface area is 201 Å². The molecule has 0 N–H and O–H groups in total. The standard InChI is InChI=1S/C29H30N2O3/c1-3-31-28(33)26(24-18-29(31,2)34-25-17-11-10-16-23(24)25)27(32)30(19-21-12-6-4-7-13-21)20-22-14-8-5-9-15-22/h4-17,24,26H,3,18-20H2,1-2H3/t24-,26+,29+/m1/s1. The van der Waals surface area contributed by atoms with E-state index in [9.17, 15) is 9.59 Å². The molecule has 0 aliphatic carbocycles. The average Bonchev–Trinajstić information content (AvgIpc) is 2.84. The van der Waals surface area contributed by atoms with Crippen LogP contribution in [0.5, 0.6) is 5.75 Å². The van der Waals surface area contributed by atoms with Crippen molar-refractivity contribution >= 4 is 11.8 Å². The number of para-hydroxylation sites is 1. The second-order valence-electron chi connectivity index (χ2n) is 9.35. The monoisotopic (exact) mass is 454 g/mol. The first kappa shape index (κ1) is 22.2. The summed E-state index contributed by atoms with van der Waals surface area (Å²) in [7, 11) is 0. The van der Waals surface area contributed by atoms with Crippen LogP contribution in [0.25, 0.3) is 0 Å². The Morgan fingerprint density at radius 1 is 0.941 bits per heavy atom. The number of benzene rings is 3. The summed E-state index contributed by atoms with van der Waals surface area (Å²) >= 11 is 0. The second-order valence-corrected chi connectivity index (χ2v) is 9.35. The van der Waals surface area contributed by atoms with Crippen LogP contribution in [-0.4, -0.2) is 33.9 Å². The lowest BCUT2D eigenvalue weighted by molar-refractivity contribution is -0.178. The highest BCUT2D eigenvalue weighted by atomic mass is 16.5. The van der Waals surface area contributed by atoms with Gasteiger partial charge in [-0.1, -0.05) is 78.9 Å². The Kier molecular flexibility index (Phi) is 5.86. The van der Waals surface area contributed by atoms with Gasteiger partial charge in [-0.2, -0.15) is 0 Å². The molecule has 0 aromatic heterocycles. The van der Waals surface area contributed by atoms with E-state index in [2.05, 4.69) is 0 Å². The first-order valence-electron chi connectivity index (χ1n) is 12.0. The van der Waals surface area contributed by atoms with Crippen molar-refractivity contribution in [2.45, 2.75) is 45.0 Å². The third kappa shape index (κ3) is 3.96. The zero-order valence-corrected chi connectivity index (χ0v) is 19.7. The van der Waals surface area contributed by atoms with Gasteiger partial charge in [-0.05, 0) is 36.6 Å². The van der Waals surface area contributed by atoms with Gasteiger partial charge < -0.3 is 14.5 Å². The molecule has 1 fully saturated rings. The van der Waals surface area contributed by atoms with Gasteiger partial charge in [-0.15, -0.1) is 0 Å². The molecule has 1 saturated heterocycles. The maximum Gasteiger partial charge on any atom is 0.238 e. The van der Waals surface area contributed by atoms with Crippen molar-refractivity contribution in [2.75, 3.05) is 6.54 Å². The van der Waals surface area contributed by atoms with Crippen LogP contribution in [0.2, 0.25) is 0 Å². The summed E-state index contributed by atoms with van der Waals surface area (Å²) in [5.74, 6) is -0.494. The molecule has 0 spiro atoms. The molecule has 5 rings (SSSR count). The van der Waals surface area contributed by atoms with Crippen molar-refractivity contribution in [2.24, 2.45) is 5.92 Å². The quantitative estimate of drug-likeness (QED) is 0.494. The Balaban J connectivity index is 1.54. The van der Waals surface area contributed by atoms with E-state index in [1.54, 1.807) is 4.90 Å². The lowest BCUT2D eigenvalue weighted by Gasteiger charge is -2.53. The van der Waals surface area contributed by atoms with Gasteiger partial charge >= 0.3 is 0 Å². The number of nitrogens with zero attached hydrogens (tertiary/aromatic N) is 2. The molecular weight excluding hydrogens is 424 g/mol. The van der Waals surface area contributed by atoms with E-state index in [4.69, 9.17) is 4.74 Å². The minimum atomic E-state index is -0.773. The summed E-state index contributed by atoms with van der Waals surface area (Å²) in [5, 5.41) is 0. The summed E-state index contributed by atoms with van der Waals surface area (Å²) in [6, 6.07) is 27.8. The average molecular weight is 455 g/mol. The number of hydrogen-bond donors (Lipinski definition) is 0. The Morgan fingerprint density at radius 2 is 1.50 bits per heavy atom. The fourth-order valence-electron chi connectivity index (χ4n) is 5.50. The van der Waals surface area contributed by atoms with E-state index >= 15 is 0 Å². The van der Waals surface area contributed by atoms with Crippen LogP contribution in [-0.2, 0) is 22.7 Å². The van der Waals surface area contributed by atoms with Crippen LogP contribution >= 0.6 is 0 Å². The maximum atomic E-state index is 14.2. The molecule has 3 aromatic carbocycles. The molecule has 5 heteroatoms. The van der Waals surface area contributed by atoms with Crippen molar-refractivity contribution in [3.63, 3.8) is 0 Å².